The Labute approximate surface area is 80.2 Å². The van der Waals surface area contributed by atoms with Gasteiger partial charge in [0, 0.05) is 7.29 Å². The molecule has 0 amide bonds. The minimum Gasteiger partial charge on any atom is -0.481 e. The van der Waals surface area contributed by atoms with Gasteiger partial charge in [0.2, 0.25) is 0 Å². The van der Waals surface area contributed by atoms with Crippen LogP contribution in [-0.4, -0.2) is 22.3 Å². The Hall–Kier alpha value is -0.570. The van der Waals surface area contributed by atoms with Crippen LogP contribution in [0.15, 0.2) is 0 Å². The molecule has 0 aromatic carbocycles. The lowest BCUT2D eigenvalue weighted by atomic mass is 9.72. The first kappa shape index (κ1) is 9.00. The molecule has 2 N–H and O–H groups in total. The molecule has 0 spiro atoms. The van der Waals surface area contributed by atoms with Crippen LogP contribution in [0, 0.1) is 17.7 Å². The molecule has 1 rings (SSSR count). The summed E-state index contributed by atoms with van der Waals surface area (Å²) in [6.45, 7) is 3.73. The van der Waals surface area contributed by atoms with Crippen LogP contribution in [0.4, 0.5) is 0 Å². The number of carboxylic acids is 1. The van der Waals surface area contributed by atoms with Gasteiger partial charge in [-0.2, -0.15) is 0 Å². The molecule has 1 saturated carbocycles. The lowest BCUT2D eigenvalue weighted by Crippen LogP contribution is -2.39. The van der Waals surface area contributed by atoms with Crippen LogP contribution < -0.4 is 0 Å². The lowest BCUT2D eigenvalue weighted by molar-refractivity contribution is -0.149. The van der Waals surface area contributed by atoms with E-state index >= 15 is 0 Å². The smallest absolute Gasteiger partial charge is 0.306 e. The minimum atomic E-state index is -1.49. The van der Waals surface area contributed by atoms with Crippen molar-refractivity contribution in [3.63, 3.8) is 0 Å². The molecule has 1 fully saturated rings. The topological polar surface area (TPSA) is 57.5 Å². The highest BCUT2D eigenvalue weighted by Gasteiger charge is 2.38. The van der Waals surface area contributed by atoms with Crippen molar-refractivity contribution in [1.82, 2.24) is 0 Å². The van der Waals surface area contributed by atoms with Gasteiger partial charge in [0.15, 0.2) is 0 Å². The van der Waals surface area contributed by atoms with E-state index in [-0.39, 0.29) is 5.92 Å². The molecule has 1 aliphatic rings. The Balaban J connectivity index is 2.95. The van der Waals surface area contributed by atoms with Gasteiger partial charge in [0.1, 0.15) is 0 Å². The Morgan fingerprint density at radius 1 is 1.54 bits per heavy atom. The van der Waals surface area contributed by atoms with Crippen molar-refractivity contribution < 1.29 is 16.4 Å². The van der Waals surface area contributed by atoms with Gasteiger partial charge in [0.05, 0.1) is 12.0 Å². The van der Waals surface area contributed by atoms with Crippen molar-refractivity contribution in [2.24, 2.45) is 17.7 Å². The van der Waals surface area contributed by atoms with Crippen LogP contribution in [0.2, 0.25) is 0 Å². The predicted octanol–water partition coefficient (Wildman–Crippen LogP) is 1.50. The summed E-state index contributed by atoms with van der Waals surface area (Å²) in [5.41, 5.74) is 0. The summed E-state index contributed by atoms with van der Waals surface area (Å²) in [5, 5.41) is 18.8. The van der Waals surface area contributed by atoms with Gasteiger partial charge in [-0.1, -0.05) is 13.8 Å². The highest BCUT2D eigenvalue weighted by Crippen LogP contribution is 2.35. The summed E-state index contributed by atoms with van der Waals surface area (Å²) in [6, 6.07) is 0. The Kier molecular flexibility index (Phi) is 2.83. The maximum Gasteiger partial charge on any atom is 0.306 e. The number of carbonyl (C=O) groups is 1. The molecule has 76 valence electrons. The van der Waals surface area contributed by atoms with Crippen LogP contribution >= 0.6 is 0 Å². The Morgan fingerprint density at radius 3 is 2.54 bits per heavy atom. The summed E-state index contributed by atoms with van der Waals surface area (Å²) in [6.07, 6.45) is 0.955. The number of hydrogen-bond acceptors (Lipinski definition) is 2. The molecular formula is C10H18O3. The fourth-order valence-electron chi connectivity index (χ4n) is 2.18. The molecule has 0 aromatic heterocycles. The number of hydrogen-bond donors (Lipinski definition) is 2. The van der Waals surface area contributed by atoms with Crippen molar-refractivity contribution >= 4 is 5.97 Å². The molecule has 3 atom stereocenters. The van der Waals surface area contributed by atoms with E-state index in [1.54, 1.807) is 0 Å². The maximum atomic E-state index is 11.0. The third kappa shape index (κ3) is 2.21. The average molecular weight is 187 g/mol. The third-order valence-electron chi connectivity index (χ3n) is 2.76. The molecule has 3 heteroatoms. The quantitative estimate of drug-likeness (QED) is 0.688. The molecule has 0 aliphatic heterocycles. The first-order chi connectivity index (χ1) is 6.39. The Bertz CT molecular complexity index is 229. The molecule has 0 heterocycles. The molecule has 0 aromatic rings. The molecular weight excluding hydrogens is 168 g/mol. The first-order valence-corrected chi connectivity index (χ1v) is 4.81. The van der Waals surface area contributed by atoms with E-state index in [2.05, 4.69) is 0 Å². The van der Waals surface area contributed by atoms with E-state index in [0.717, 1.165) is 0 Å². The normalized spacial score (nSPS) is 41.7. The molecule has 13 heavy (non-hydrogen) atoms. The molecule has 1 aliphatic carbocycles. The highest BCUT2D eigenvalue weighted by atomic mass is 16.4. The molecule has 0 saturated heterocycles. The van der Waals surface area contributed by atoms with Crippen molar-refractivity contribution in [3.8, 4) is 0 Å². The van der Waals surface area contributed by atoms with Gasteiger partial charge in [-0.15, -0.1) is 0 Å². The second-order valence-electron chi connectivity index (χ2n) is 4.06. The average Bonchev–Trinajstić information content (AvgIpc) is 2.02. The summed E-state index contributed by atoms with van der Waals surface area (Å²) < 4.78 is 7.93. The minimum absolute atomic E-state index is 0.0268. The summed E-state index contributed by atoms with van der Waals surface area (Å²) in [7, 11) is 0. The zero-order chi connectivity index (χ0) is 10.9. The van der Waals surface area contributed by atoms with Crippen molar-refractivity contribution in [2.75, 3.05) is 0 Å². The van der Waals surface area contributed by atoms with Crippen LogP contribution in [0.3, 0.4) is 0 Å². The van der Waals surface area contributed by atoms with Crippen LogP contribution in [-0.2, 0) is 4.79 Å². The first-order valence-electron chi connectivity index (χ1n) is 5.31. The van der Waals surface area contributed by atoms with Gasteiger partial charge in [-0.05, 0) is 25.2 Å². The van der Waals surface area contributed by atoms with Gasteiger partial charge in [-0.25, -0.2) is 0 Å². The largest absolute Gasteiger partial charge is 0.481 e. The predicted molar refractivity (Wildman–Crippen MR) is 49.3 cm³/mol. The standard InChI is InChI=1S/C10H18O3/c1-6(2)9-7(10(12)13)4-3-5-8(9)11/h6-9,11H,3-5H2,1-2H3,(H,12,13)/t7?,8-,9?/m1/s1/i7D. The summed E-state index contributed by atoms with van der Waals surface area (Å²) in [5.74, 6) is -3.02. The van der Waals surface area contributed by atoms with Crippen LogP contribution in [0.5, 0.6) is 0 Å². The van der Waals surface area contributed by atoms with Crippen molar-refractivity contribution in [2.45, 2.75) is 39.2 Å². The van der Waals surface area contributed by atoms with E-state index in [1.807, 2.05) is 13.8 Å². The number of rotatable bonds is 2. The monoisotopic (exact) mass is 187 g/mol. The van der Waals surface area contributed by atoms with Crippen molar-refractivity contribution in [3.05, 3.63) is 0 Å². The van der Waals surface area contributed by atoms with Crippen LogP contribution in [0.25, 0.3) is 0 Å². The summed E-state index contributed by atoms with van der Waals surface area (Å²) >= 11 is 0. The zero-order valence-corrected chi connectivity index (χ0v) is 8.16. The second kappa shape index (κ2) is 4.09. The third-order valence-corrected chi connectivity index (χ3v) is 2.76. The van der Waals surface area contributed by atoms with Gasteiger partial charge < -0.3 is 10.2 Å². The molecule has 0 radical (unpaired) electrons. The zero-order valence-electron chi connectivity index (χ0n) is 9.16. The highest BCUT2D eigenvalue weighted by molar-refractivity contribution is 5.70. The van der Waals surface area contributed by atoms with Gasteiger partial charge in [-0.3, -0.25) is 4.79 Å². The van der Waals surface area contributed by atoms with E-state index in [0.29, 0.717) is 19.3 Å². The van der Waals surface area contributed by atoms with E-state index in [4.69, 9.17) is 6.48 Å². The second-order valence-corrected chi connectivity index (χ2v) is 4.06. The fourth-order valence-corrected chi connectivity index (χ4v) is 2.18. The van der Waals surface area contributed by atoms with Crippen molar-refractivity contribution in [1.29, 1.82) is 0 Å². The lowest BCUT2D eigenvalue weighted by Gasteiger charge is -2.35. The summed E-state index contributed by atoms with van der Waals surface area (Å²) in [4.78, 5) is 11.0. The Morgan fingerprint density at radius 2 is 2.15 bits per heavy atom. The maximum absolute atomic E-state index is 11.0. The molecule has 2 unspecified atom stereocenters. The van der Waals surface area contributed by atoms with E-state index < -0.39 is 23.9 Å². The van der Waals surface area contributed by atoms with Gasteiger partial charge >= 0.3 is 5.97 Å². The molecule has 3 nitrogen and oxygen atoms in total. The number of aliphatic carboxylic acids is 1. The number of carboxylic acid groups (broad SMARTS) is 1. The fraction of sp³-hybridized carbons (Fsp3) is 0.900. The van der Waals surface area contributed by atoms with Gasteiger partial charge in [0.25, 0.3) is 0 Å². The van der Waals surface area contributed by atoms with Crippen LogP contribution in [0.1, 0.15) is 34.5 Å². The molecule has 0 bridgehead atoms. The number of aliphatic hydroxyl groups excluding tert-OH is 1. The van der Waals surface area contributed by atoms with E-state index in [9.17, 15) is 9.90 Å². The van der Waals surface area contributed by atoms with E-state index in [1.165, 1.54) is 0 Å². The SMILES string of the molecule is [2H]C1(C(=O)O)CCC[C@@H](O)C1C(C)C. The number of aliphatic hydroxyl groups is 1.